The lowest BCUT2D eigenvalue weighted by Gasteiger charge is -2.64. The molecule has 1 N–H and O–H groups in total. The van der Waals surface area contributed by atoms with Crippen LogP contribution in [0.25, 0.3) is 11.0 Å². The van der Waals surface area contributed by atoms with Crippen LogP contribution in [0, 0.1) is 17.3 Å². The van der Waals surface area contributed by atoms with E-state index in [1.54, 1.807) is 11.2 Å². The highest BCUT2D eigenvalue weighted by Gasteiger charge is 2.68. The highest BCUT2D eigenvalue weighted by atomic mass is 16.7. The average molecular weight is 567 g/mol. The summed E-state index contributed by atoms with van der Waals surface area (Å²) in [6.07, 6.45) is 4.97. The zero-order valence-corrected chi connectivity index (χ0v) is 25.1. The van der Waals surface area contributed by atoms with E-state index in [-0.39, 0.29) is 30.3 Å². The third-order valence-corrected chi connectivity index (χ3v) is 10.0. The number of para-hydroxylation sites is 1. The maximum absolute atomic E-state index is 13.2. The first kappa shape index (κ1) is 28.4. The molecule has 2 saturated heterocycles. The molecule has 1 aromatic heterocycles. The molecule has 0 spiro atoms. The van der Waals surface area contributed by atoms with Crippen LogP contribution in [-0.2, 0) is 25.2 Å². The second kappa shape index (κ2) is 10.2. The van der Waals surface area contributed by atoms with Crippen LogP contribution in [0.2, 0.25) is 0 Å². The summed E-state index contributed by atoms with van der Waals surface area (Å²) in [6.45, 7) is 13.1. The van der Waals surface area contributed by atoms with Crippen molar-refractivity contribution in [1.29, 1.82) is 0 Å². The average Bonchev–Trinajstić information content (AvgIpc) is 3.62. The largest absolute Gasteiger partial charge is 0.482 e. The number of rotatable bonds is 6. The van der Waals surface area contributed by atoms with Crippen LogP contribution < -0.4 is 5.32 Å². The number of carbonyl (C=O) groups excluding carboxylic acids is 2. The molecule has 3 aliphatic carbocycles. The minimum absolute atomic E-state index is 0.00781. The van der Waals surface area contributed by atoms with Gasteiger partial charge in [-0.3, -0.25) is 0 Å². The molecule has 5 aliphatic rings. The quantitative estimate of drug-likeness (QED) is 0.446. The van der Waals surface area contributed by atoms with Crippen molar-refractivity contribution in [2.24, 2.45) is 17.3 Å². The highest BCUT2D eigenvalue weighted by molar-refractivity contribution is 6.48. The summed E-state index contributed by atoms with van der Waals surface area (Å²) < 4.78 is 30.4. The summed E-state index contributed by atoms with van der Waals surface area (Å²) in [5, 5.41) is 4.05. The van der Waals surface area contributed by atoms with Crippen LogP contribution in [0.3, 0.4) is 0 Å². The van der Waals surface area contributed by atoms with Gasteiger partial charge >= 0.3 is 19.3 Å². The van der Waals surface area contributed by atoms with Crippen molar-refractivity contribution in [3.8, 4) is 0 Å². The van der Waals surface area contributed by atoms with E-state index < -0.39 is 30.4 Å². The number of nitrogens with zero attached hydrogens (tertiary/aromatic N) is 1. The second-order valence-electron chi connectivity index (χ2n) is 14.1. The summed E-state index contributed by atoms with van der Waals surface area (Å²) in [4.78, 5) is 27.6. The Morgan fingerprint density at radius 3 is 2.73 bits per heavy atom. The summed E-state index contributed by atoms with van der Waals surface area (Å²) in [5.41, 5.74) is 0.993. The fraction of sp³-hybridized carbons (Fsp3) is 0.677. The summed E-state index contributed by atoms with van der Waals surface area (Å²) in [6, 6.07) is 7.64. The minimum atomic E-state index is -0.619. The molecule has 3 saturated carbocycles. The van der Waals surface area contributed by atoms with Gasteiger partial charge in [0.25, 0.3) is 0 Å². The number of hydrogen-bond acceptors (Lipinski definition) is 7. The van der Waals surface area contributed by atoms with Crippen molar-refractivity contribution >= 4 is 30.3 Å². The minimum Gasteiger partial charge on any atom is -0.464 e. The first-order chi connectivity index (χ1) is 19.3. The number of benzene rings is 1. The molecule has 7 rings (SSSR count). The van der Waals surface area contributed by atoms with Gasteiger partial charge in [0.2, 0.25) is 0 Å². The van der Waals surface area contributed by atoms with Crippen molar-refractivity contribution in [3.05, 3.63) is 36.1 Å². The lowest BCUT2D eigenvalue weighted by molar-refractivity contribution is -0.199. The van der Waals surface area contributed by atoms with Gasteiger partial charge in [-0.2, -0.15) is 0 Å². The number of furan rings is 1. The number of ether oxygens (including phenoxy) is 2. The monoisotopic (exact) mass is 566 g/mol. The summed E-state index contributed by atoms with van der Waals surface area (Å²) in [5.74, 6) is 0.547. The van der Waals surface area contributed by atoms with Crippen molar-refractivity contribution in [3.63, 3.8) is 0 Å². The smallest absolute Gasteiger partial charge is 0.464 e. The molecule has 41 heavy (non-hydrogen) atoms. The van der Waals surface area contributed by atoms with E-state index >= 15 is 0 Å². The topological polar surface area (TPSA) is 99.5 Å². The van der Waals surface area contributed by atoms with Gasteiger partial charge < -0.3 is 33.4 Å². The molecule has 0 radical (unpaired) electrons. The maximum Gasteiger partial charge on any atom is 0.482 e. The number of fused-ring (bicyclic) bond motifs is 1. The van der Waals surface area contributed by atoms with Crippen LogP contribution in [0.5, 0.6) is 0 Å². The van der Waals surface area contributed by atoms with Crippen LogP contribution in [0.1, 0.15) is 72.8 Å². The Labute approximate surface area is 242 Å². The van der Waals surface area contributed by atoms with E-state index in [1.165, 1.54) is 0 Å². The molecule has 1 unspecified atom stereocenters. The van der Waals surface area contributed by atoms with Gasteiger partial charge in [0.05, 0.1) is 30.0 Å². The van der Waals surface area contributed by atoms with Crippen LogP contribution >= 0.6 is 0 Å². The fourth-order valence-corrected chi connectivity index (χ4v) is 7.65. The molecule has 222 valence electrons. The van der Waals surface area contributed by atoms with Gasteiger partial charge in [-0.15, -0.1) is 0 Å². The predicted molar refractivity (Wildman–Crippen MR) is 154 cm³/mol. The number of likely N-dealkylation sites (tertiary alicyclic amines) is 1. The molecule has 2 aliphatic heterocycles. The summed E-state index contributed by atoms with van der Waals surface area (Å²) in [7, 11) is -0.619. The molecule has 5 fully saturated rings. The maximum atomic E-state index is 13.2. The molecule has 1 aromatic carbocycles. The Kier molecular flexibility index (Phi) is 7.09. The number of hydrogen-bond donors (Lipinski definition) is 1. The van der Waals surface area contributed by atoms with Gasteiger partial charge in [-0.1, -0.05) is 32.0 Å². The van der Waals surface area contributed by atoms with E-state index in [0.717, 1.165) is 42.2 Å². The Balaban J connectivity index is 1.16. The van der Waals surface area contributed by atoms with Crippen LogP contribution in [0.4, 0.5) is 9.59 Å². The number of amides is 2. The first-order valence-corrected chi connectivity index (χ1v) is 15.1. The highest BCUT2D eigenvalue weighted by Crippen LogP contribution is 2.65. The zero-order valence-electron chi connectivity index (χ0n) is 25.1. The lowest BCUT2D eigenvalue weighted by Crippen LogP contribution is -2.65. The van der Waals surface area contributed by atoms with Gasteiger partial charge in [0.15, 0.2) is 0 Å². The third kappa shape index (κ3) is 5.22. The standard InChI is InChI=1S/C31H43BN2O7/c1-29(2,3)39-28(36)34-13-9-10-21(34)18-38-27(35)33-26(14-19-17-37-23-12-8-7-11-22(19)23)32-40-25-16-20-15-24(30(20,4)5)31(25,6)41-32/h7-8,11-12,17,20-21,24-26H,9-10,13-16,18H2,1-6H3,(H,33,35)/t20-,21?,24-,25+,26-,31-/m0/s1. The molecule has 10 heteroatoms. The van der Waals surface area contributed by atoms with E-state index in [1.807, 2.05) is 45.0 Å². The van der Waals surface area contributed by atoms with Gasteiger partial charge in [0.1, 0.15) is 17.8 Å². The van der Waals surface area contributed by atoms with E-state index in [2.05, 4.69) is 26.1 Å². The zero-order chi connectivity index (χ0) is 29.2. The van der Waals surface area contributed by atoms with Crippen LogP contribution in [-0.4, -0.2) is 66.6 Å². The van der Waals surface area contributed by atoms with Gasteiger partial charge in [-0.05, 0) is 88.7 Å². The molecule has 2 aromatic rings. The van der Waals surface area contributed by atoms with Crippen molar-refractivity contribution in [1.82, 2.24) is 10.2 Å². The van der Waals surface area contributed by atoms with Crippen molar-refractivity contribution in [2.45, 2.75) is 103 Å². The molecular weight excluding hydrogens is 523 g/mol. The van der Waals surface area contributed by atoms with E-state index in [9.17, 15) is 9.59 Å². The normalized spacial score (nSPS) is 31.0. The van der Waals surface area contributed by atoms with E-state index in [4.69, 9.17) is 23.2 Å². The molecule has 9 nitrogen and oxygen atoms in total. The molecule has 6 atom stereocenters. The first-order valence-electron chi connectivity index (χ1n) is 15.1. The number of alkyl carbamates (subject to hydrolysis) is 1. The lowest BCUT2D eigenvalue weighted by atomic mass is 9.43. The fourth-order valence-electron chi connectivity index (χ4n) is 7.65. The molecule has 2 amide bonds. The van der Waals surface area contributed by atoms with Crippen LogP contribution in [0.15, 0.2) is 34.9 Å². The Morgan fingerprint density at radius 2 is 1.98 bits per heavy atom. The van der Waals surface area contributed by atoms with Crippen molar-refractivity contribution < 1.29 is 32.8 Å². The van der Waals surface area contributed by atoms with E-state index in [0.29, 0.717) is 24.8 Å². The number of nitrogens with one attached hydrogen (secondary N) is 1. The van der Waals surface area contributed by atoms with Gasteiger partial charge in [0, 0.05) is 11.9 Å². The Bertz CT molecular complexity index is 1300. The molecule has 2 bridgehead atoms. The van der Waals surface area contributed by atoms with Gasteiger partial charge in [-0.25, -0.2) is 9.59 Å². The second-order valence-corrected chi connectivity index (χ2v) is 14.1. The SMILES string of the molecule is CC(C)(C)OC(=O)N1CCCC1COC(=O)N[C@@H](Cc1coc2ccccc12)B1O[C@@H]2C[C@@H]3C[C@@H](C3(C)C)[C@]2(C)O1. The number of carbonyl (C=O) groups is 2. The molecular formula is C31H43BN2O7. The molecule has 3 heterocycles. The summed E-state index contributed by atoms with van der Waals surface area (Å²) >= 11 is 0. The predicted octanol–water partition coefficient (Wildman–Crippen LogP) is 5.74. The Morgan fingerprint density at radius 1 is 1.20 bits per heavy atom. The third-order valence-electron chi connectivity index (χ3n) is 10.0. The van der Waals surface area contributed by atoms with Crippen molar-refractivity contribution in [2.75, 3.05) is 13.2 Å². The Hall–Kier alpha value is -2.72.